The minimum Gasteiger partial charge on any atom is -0.214 e. The minimum atomic E-state index is 0. The maximum atomic E-state index is 3.67. The Balaban J connectivity index is 0.000000379. The summed E-state index contributed by atoms with van der Waals surface area (Å²) in [5.41, 5.74) is 8.70. The Labute approximate surface area is 184 Å². The first-order valence-corrected chi connectivity index (χ1v) is 9.52. The van der Waals surface area contributed by atoms with E-state index in [0.717, 1.165) is 6.42 Å². The van der Waals surface area contributed by atoms with Crippen LogP contribution in [-0.4, -0.2) is 0 Å². The standard InChI is InChI=1S/C21H25.C5H5.Hf/c1-20(2,3)16-7-9-18-14(12-16)11-15-13-17(21(4,5)6)8-10-19(15)18;1-2-4-5-3-1;/h7-10,12H,11H2,1-6H3;1-5H;/q2*-1;. The van der Waals surface area contributed by atoms with Crippen LogP contribution in [0.15, 0.2) is 60.7 Å². The van der Waals surface area contributed by atoms with Gasteiger partial charge < -0.3 is 0 Å². The molecule has 27 heavy (non-hydrogen) atoms. The van der Waals surface area contributed by atoms with Crippen molar-refractivity contribution in [3.63, 3.8) is 0 Å². The predicted octanol–water partition coefficient (Wildman–Crippen LogP) is 7.06. The molecule has 1 aliphatic carbocycles. The minimum absolute atomic E-state index is 0. The molecular weight excluding hydrogens is 491 g/mol. The fraction of sp³-hybridized carbons (Fsp3) is 0.346. The average molecular weight is 521 g/mol. The topological polar surface area (TPSA) is 0 Å². The van der Waals surface area contributed by atoms with E-state index in [4.69, 9.17) is 0 Å². The summed E-state index contributed by atoms with van der Waals surface area (Å²) in [6, 6.07) is 25.2. The van der Waals surface area contributed by atoms with Crippen molar-refractivity contribution in [3.8, 4) is 11.1 Å². The number of hydrogen-bond donors (Lipinski definition) is 0. The quantitative estimate of drug-likeness (QED) is 0.172. The smallest absolute Gasteiger partial charge is 0 e. The molecule has 0 fully saturated rings. The Kier molecular flexibility index (Phi) is 6.79. The first-order valence-electron chi connectivity index (χ1n) is 9.52. The van der Waals surface area contributed by atoms with E-state index in [9.17, 15) is 0 Å². The van der Waals surface area contributed by atoms with E-state index in [-0.39, 0.29) is 36.7 Å². The summed E-state index contributed by atoms with van der Waals surface area (Å²) in [4.78, 5) is 0. The van der Waals surface area contributed by atoms with Gasteiger partial charge in [0.1, 0.15) is 0 Å². The molecule has 0 saturated heterocycles. The fourth-order valence-electron chi connectivity index (χ4n) is 3.35. The van der Waals surface area contributed by atoms with Crippen molar-refractivity contribution in [2.24, 2.45) is 0 Å². The number of fused-ring (bicyclic) bond motifs is 3. The molecule has 0 nitrogen and oxygen atoms in total. The van der Waals surface area contributed by atoms with Crippen LogP contribution in [0.2, 0.25) is 0 Å². The van der Waals surface area contributed by atoms with Crippen LogP contribution in [0.25, 0.3) is 11.1 Å². The van der Waals surface area contributed by atoms with Gasteiger partial charge in [-0.3, -0.25) is 0 Å². The molecule has 1 aliphatic rings. The number of benzene rings is 2. The van der Waals surface area contributed by atoms with Crippen LogP contribution >= 0.6 is 0 Å². The van der Waals surface area contributed by atoms with E-state index in [1.54, 1.807) is 0 Å². The third-order valence-electron chi connectivity index (χ3n) is 5.02. The second kappa shape index (κ2) is 8.35. The van der Waals surface area contributed by atoms with Gasteiger partial charge in [0.15, 0.2) is 0 Å². The molecule has 0 unspecified atom stereocenters. The zero-order valence-corrected chi connectivity index (χ0v) is 21.1. The molecular formula is C26H30Hf-2. The summed E-state index contributed by atoms with van der Waals surface area (Å²) in [5, 5.41) is 0. The molecule has 0 heterocycles. The summed E-state index contributed by atoms with van der Waals surface area (Å²) in [6.45, 7) is 13.6. The van der Waals surface area contributed by atoms with E-state index >= 15 is 0 Å². The molecule has 3 aromatic rings. The summed E-state index contributed by atoms with van der Waals surface area (Å²) in [6.07, 6.45) is 1.03. The Morgan fingerprint density at radius 1 is 0.815 bits per heavy atom. The molecule has 0 aromatic heterocycles. The summed E-state index contributed by atoms with van der Waals surface area (Å²) < 4.78 is 0. The largest absolute Gasteiger partial charge is 0.214 e. The van der Waals surface area contributed by atoms with Crippen molar-refractivity contribution >= 4 is 0 Å². The first-order chi connectivity index (χ1) is 12.2. The van der Waals surface area contributed by atoms with Crippen LogP contribution in [0.4, 0.5) is 0 Å². The van der Waals surface area contributed by atoms with Crippen LogP contribution < -0.4 is 0 Å². The number of hydrogen-bond acceptors (Lipinski definition) is 0. The first kappa shape index (κ1) is 22.0. The van der Waals surface area contributed by atoms with Crippen molar-refractivity contribution in [2.75, 3.05) is 0 Å². The second-order valence-corrected chi connectivity index (χ2v) is 9.28. The van der Waals surface area contributed by atoms with Crippen molar-refractivity contribution < 1.29 is 25.8 Å². The molecule has 4 rings (SSSR count). The van der Waals surface area contributed by atoms with Gasteiger partial charge in [0.2, 0.25) is 0 Å². The predicted molar refractivity (Wildman–Crippen MR) is 113 cm³/mol. The van der Waals surface area contributed by atoms with E-state index in [0.29, 0.717) is 0 Å². The van der Waals surface area contributed by atoms with Gasteiger partial charge in [0.05, 0.1) is 0 Å². The third kappa shape index (κ3) is 5.13. The molecule has 0 aliphatic heterocycles. The van der Waals surface area contributed by atoms with Gasteiger partial charge in [-0.25, -0.2) is 12.1 Å². The molecule has 0 amide bonds. The molecule has 0 radical (unpaired) electrons. The second-order valence-electron chi connectivity index (χ2n) is 9.28. The van der Waals surface area contributed by atoms with Gasteiger partial charge in [-0.2, -0.15) is 42.0 Å². The maximum absolute atomic E-state index is 3.67. The molecule has 0 N–H and O–H groups in total. The summed E-state index contributed by atoms with van der Waals surface area (Å²) >= 11 is 0. The Hall–Kier alpha value is -1.34. The zero-order chi connectivity index (χ0) is 18.9. The van der Waals surface area contributed by atoms with Crippen LogP contribution in [0.3, 0.4) is 0 Å². The van der Waals surface area contributed by atoms with Crippen molar-refractivity contribution in [1.82, 2.24) is 0 Å². The van der Waals surface area contributed by atoms with Gasteiger partial charge in [0.25, 0.3) is 0 Å². The van der Waals surface area contributed by atoms with E-state index in [1.807, 2.05) is 30.3 Å². The molecule has 3 aromatic carbocycles. The van der Waals surface area contributed by atoms with Crippen molar-refractivity contribution in [2.45, 2.75) is 58.8 Å². The molecule has 140 valence electrons. The van der Waals surface area contributed by atoms with Crippen LogP contribution in [0.5, 0.6) is 0 Å². The normalized spacial score (nSPS) is 12.4. The zero-order valence-electron chi connectivity index (χ0n) is 17.5. The van der Waals surface area contributed by atoms with Gasteiger partial charge in [-0.05, 0) is 28.4 Å². The van der Waals surface area contributed by atoms with Gasteiger partial charge >= 0.3 is 0 Å². The maximum Gasteiger partial charge on any atom is 0 e. The summed E-state index contributed by atoms with van der Waals surface area (Å²) in [7, 11) is 0. The fourth-order valence-corrected chi connectivity index (χ4v) is 3.35. The van der Waals surface area contributed by atoms with Gasteiger partial charge in [-0.15, -0.1) is 11.1 Å². The van der Waals surface area contributed by atoms with Crippen LogP contribution in [-0.2, 0) is 43.1 Å². The van der Waals surface area contributed by atoms with E-state index in [2.05, 4.69) is 77.9 Å². The van der Waals surface area contributed by atoms with Gasteiger partial charge in [0, 0.05) is 25.8 Å². The van der Waals surface area contributed by atoms with Gasteiger partial charge in [-0.1, -0.05) is 65.3 Å². The van der Waals surface area contributed by atoms with E-state index < -0.39 is 0 Å². The summed E-state index contributed by atoms with van der Waals surface area (Å²) in [5.74, 6) is 0. The molecule has 0 bridgehead atoms. The number of rotatable bonds is 0. The van der Waals surface area contributed by atoms with Crippen molar-refractivity contribution in [3.05, 3.63) is 89.0 Å². The SMILES string of the molecule is CC(C)(C)c1[c-]c2c(cc1)-c1ccc(C(C)(C)C)cc1C2.[Hf].c1cc[cH-]c1. The molecule has 0 atom stereocenters. The van der Waals surface area contributed by atoms with Crippen LogP contribution in [0.1, 0.15) is 63.8 Å². The van der Waals surface area contributed by atoms with Crippen LogP contribution in [0, 0.1) is 6.07 Å². The Morgan fingerprint density at radius 3 is 1.96 bits per heavy atom. The third-order valence-corrected chi connectivity index (χ3v) is 5.02. The molecule has 0 saturated carbocycles. The molecule has 1 heteroatoms. The Bertz CT molecular complexity index is 793. The Morgan fingerprint density at radius 2 is 1.44 bits per heavy atom. The van der Waals surface area contributed by atoms with E-state index in [1.165, 1.54) is 33.4 Å². The monoisotopic (exact) mass is 522 g/mol. The molecule has 0 spiro atoms. The average Bonchev–Trinajstić information content (AvgIpc) is 3.23. The van der Waals surface area contributed by atoms with Crippen molar-refractivity contribution in [1.29, 1.82) is 0 Å².